The first-order chi connectivity index (χ1) is 16.7. The highest BCUT2D eigenvalue weighted by molar-refractivity contribution is 7.10. The summed E-state index contributed by atoms with van der Waals surface area (Å²) in [5.74, 6) is -1.34. The molecule has 0 radical (unpaired) electrons. The number of nitrogens with one attached hydrogen (secondary N) is 1. The predicted molar refractivity (Wildman–Crippen MR) is 127 cm³/mol. The van der Waals surface area contributed by atoms with E-state index in [1.807, 2.05) is 17.5 Å². The zero-order valence-electron chi connectivity index (χ0n) is 19.3. The highest BCUT2D eigenvalue weighted by Gasteiger charge is 2.42. The minimum Gasteiger partial charge on any atom is -0.459 e. The van der Waals surface area contributed by atoms with Crippen molar-refractivity contribution in [3.8, 4) is 0 Å². The van der Waals surface area contributed by atoms with E-state index in [4.69, 9.17) is 4.74 Å². The number of halogens is 3. The molecule has 0 bridgehead atoms. The lowest BCUT2D eigenvalue weighted by Gasteiger charge is -2.36. The predicted octanol–water partition coefficient (Wildman–Crippen LogP) is 6.61. The Morgan fingerprint density at radius 3 is 2.43 bits per heavy atom. The average Bonchev–Trinajstić information content (AvgIpc) is 3.52. The lowest BCUT2D eigenvalue weighted by molar-refractivity contribution is -0.144. The van der Waals surface area contributed by atoms with Gasteiger partial charge in [-0.15, -0.1) is 11.3 Å². The van der Waals surface area contributed by atoms with Crippen molar-refractivity contribution in [3.63, 3.8) is 0 Å². The molecule has 0 amide bonds. The summed E-state index contributed by atoms with van der Waals surface area (Å²) in [6.07, 6.45) is -0.164. The Labute approximate surface area is 205 Å². The third kappa shape index (κ3) is 4.68. The Morgan fingerprint density at radius 2 is 1.80 bits per heavy atom. The Kier molecular flexibility index (Phi) is 6.34. The van der Waals surface area contributed by atoms with Gasteiger partial charge in [-0.3, -0.25) is 4.79 Å². The van der Waals surface area contributed by atoms with Crippen molar-refractivity contribution in [2.45, 2.75) is 69.6 Å². The smallest absolute Gasteiger partial charge is 0.416 e. The Balaban J connectivity index is 1.55. The molecule has 1 N–H and O–H groups in total. The van der Waals surface area contributed by atoms with Crippen LogP contribution in [0.25, 0.3) is 0 Å². The van der Waals surface area contributed by atoms with Crippen molar-refractivity contribution in [1.29, 1.82) is 0 Å². The van der Waals surface area contributed by atoms with Gasteiger partial charge in [0, 0.05) is 40.1 Å². The monoisotopic (exact) mass is 501 g/mol. The standard InChI is InChI=1S/C27H26F3NO3S/c1-15-23(26(33)34-19-5-2-3-6-19)24(16-8-10-18(11-9-16)27(28,29)30)25-20(31-15)13-17(14-21(25)32)22-7-4-12-35-22/h4,7-12,17,19,24,31H,2-3,5-6,13-14H2,1H3/t17-,24+/m0/s1. The SMILES string of the molecule is CC1=C(C(=O)OC2CCCC2)[C@@H](c2ccc(C(F)(F)F)cc2)C2=C(C[C@H](c3cccs3)CC2=O)N1. The van der Waals surface area contributed by atoms with Gasteiger partial charge >= 0.3 is 12.1 Å². The third-order valence-electron chi connectivity index (χ3n) is 7.14. The van der Waals surface area contributed by atoms with Crippen LogP contribution in [0.4, 0.5) is 13.2 Å². The number of hydrogen-bond donors (Lipinski definition) is 1. The number of thiophene rings is 1. The molecule has 184 valence electrons. The zero-order valence-corrected chi connectivity index (χ0v) is 20.1. The molecule has 0 unspecified atom stereocenters. The molecule has 1 aromatic carbocycles. The van der Waals surface area contributed by atoms with Gasteiger partial charge in [-0.25, -0.2) is 4.79 Å². The number of Topliss-reactive ketones (excluding diaryl/α,β-unsaturated/α-hetero) is 1. The summed E-state index contributed by atoms with van der Waals surface area (Å²) < 4.78 is 45.4. The van der Waals surface area contributed by atoms with Crippen LogP contribution in [-0.4, -0.2) is 17.9 Å². The first-order valence-corrected chi connectivity index (χ1v) is 12.8. The summed E-state index contributed by atoms with van der Waals surface area (Å²) >= 11 is 1.60. The van der Waals surface area contributed by atoms with E-state index >= 15 is 0 Å². The van der Waals surface area contributed by atoms with Gasteiger partial charge in [0.15, 0.2) is 5.78 Å². The van der Waals surface area contributed by atoms with Gasteiger partial charge in [0.1, 0.15) is 6.10 Å². The van der Waals surface area contributed by atoms with Gasteiger partial charge in [0.25, 0.3) is 0 Å². The molecule has 35 heavy (non-hydrogen) atoms. The maximum Gasteiger partial charge on any atom is 0.416 e. The van der Waals surface area contributed by atoms with Crippen LogP contribution in [0.5, 0.6) is 0 Å². The molecule has 2 heterocycles. The number of dihydropyridines is 1. The van der Waals surface area contributed by atoms with Gasteiger partial charge in [-0.2, -0.15) is 13.2 Å². The molecule has 2 aliphatic carbocycles. The van der Waals surface area contributed by atoms with Crippen LogP contribution in [0.15, 0.2) is 64.3 Å². The van der Waals surface area contributed by atoms with E-state index in [2.05, 4.69) is 5.32 Å². The second-order valence-corrected chi connectivity index (χ2v) is 10.4. The lowest BCUT2D eigenvalue weighted by atomic mass is 9.72. The van der Waals surface area contributed by atoms with Crippen molar-refractivity contribution < 1.29 is 27.5 Å². The highest BCUT2D eigenvalue weighted by Crippen LogP contribution is 2.47. The summed E-state index contributed by atoms with van der Waals surface area (Å²) in [5, 5.41) is 5.27. The number of allylic oxidation sites excluding steroid dienone is 3. The second kappa shape index (κ2) is 9.30. The zero-order chi connectivity index (χ0) is 24.7. The topological polar surface area (TPSA) is 55.4 Å². The second-order valence-electron chi connectivity index (χ2n) is 9.46. The fraction of sp³-hybridized carbons (Fsp3) is 0.407. The molecule has 3 aliphatic rings. The number of ketones is 1. The molecule has 8 heteroatoms. The van der Waals surface area contributed by atoms with E-state index in [-0.39, 0.29) is 17.8 Å². The average molecular weight is 502 g/mol. The number of rotatable bonds is 4. The number of hydrogen-bond acceptors (Lipinski definition) is 5. The molecule has 1 aromatic heterocycles. The largest absolute Gasteiger partial charge is 0.459 e. The summed E-state index contributed by atoms with van der Waals surface area (Å²) in [4.78, 5) is 28.0. The van der Waals surface area contributed by atoms with Crippen LogP contribution in [0, 0.1) is 0 Å². The number of ether oxygens (including phenoxy) is 1. The molecule has 0 spiro atoms. The molecule has 5 rings (SSSR count). The van der Waals surface area contributed by atoms with Gasteiger partial charge in [-0.1, -0.05) is 18.2 Å². The van der Waals surface area contributed by atoms with Crippen molar-refractivity contribution >= 4 is 23.1 Å². The summed E-state index contributed by atoms with van der Waals surface area (Å²) in [6.45, 7) is 1.77. The van der Waals surface area contributed by atoms with E-state index in [1.54, 1.807) is 18.3 Å². The molecule has 2 aromatic rings. The number of alkyl halides is 3. The molecule has 4 nitrogen and oxygen atoms in total. The van der Waals surface area contributed by atoms with Crippen LogP contribution in [0.3, 0.4) is 0 Å². The minimum absolute atomic E-state index is 0.0294. The van der Waals surface area contributed by atoms with Crippen molar-refractivity contribution in [1.82, 2.24) is 5.32 Å². The maximum absolute atomic E-state index is 13.5. The number of esters is 1. The Morgan fingerprint density at radius 1 is 1.09 bits per heavy atom. The summed E-state index contributed by atoms with van der Waals surface area (Å²) in [7, 11) is 0. The van der Waals surface area contributed by atoms with Crippen LogP contribution in [0.1, 0.15) is 73.3 Å². The van der Waals surface area contributed by atoms with Crippen molar-refractivity contribution in [3.05, 3.63) is 80.3 Å². The van der Waals surface area contributed by atoms with Crippen LogP contribution in [-0.2, 0) is 20.5 Å². The van der Waals surface area contributed by atoms with E-state index in [0.29, 0.717) is 35.2 Å². The third-order valence-corrected chi connectivity index (χ3v) is 8.18. The minimum atomic E-state index is -4.47. The van der Waals surface area contributed by atoms with Crippen molar-refractivity contribution in [2.75, 3.05) is 0 Å². The fourth-order valence-electron chi connectivity index (χ4n) is 5.45. The fourth-order valence-corrected chi connectivity index (χ4v) is 6.28. The highest BCUT2D eigenvalue weighted by atomic mass is 32.1. The maximum atomic E-state index is 13.5. The van der Waals surface area contributed by atoms with Crippen LogP contribution >= 0.6 is 11.3 Å². The molecular formula is C27H26F3NO3S. The van der Waals surface area contributed by atoms with Crippen molar-refractivity contribution in [2.24, 2.45) is 0 Å². The van der Waals surface area contributed by atoms with E-state index in [1.165, 1.54) is 12.1 Å². The molecule has 1 aliphatic heterocycles. The van der Waals surface area contributed by atoms with E-state index < -0.39 is 23.6 Å². The summed E-state index contributed by atoms with van der Waals surface area (Å²) in [5.41, 5.74) is 1.79. The molecular weight excluding hydrogens is 475 g/mol. The first-order valence-electron chi connectivity index (χ1n) is 11.9. The van der Waals surface area contributed by atoms with Gasteiger partial charge < -0.3 is 10.1 Å². The molecule has 2 atom stereocenters. The quantitative estimate of drug-likeness (QED) is 0.479. The summed E-state index contributed by atoms with van der Waals surface area (Å²) in [6, 6.07) is 8.73. The first kappa shape index (κ1) is 23.9. The molecule has 1 fully saturated rings. The Bertz CT molecular complexity index is 1190. The van der Waals surface area contributed by atoms with Gasteiger partial charge in [0.05, 0.1) is 11.1 Å². The number of carbonyl (C=O) groups excluding carboxylic acids is 2. The van der Waals surface area contributed by atoms with E-state index in [9.17, 15) is 22.8 Å². The molecule has 0 saturated heterocycles. The molecule has 1 saturated carbocycles. The Hall–Kier alpha value is -2.87. The lowest BCUT2D eigenvalue weighted by Crippen LogP contribution is -2.36. The van der Waals surface area contributed by atoms with Crippen LogP contribution in [0.2, 0.25) is 0 Å². The number of benzene rings is 1. The van der Waals surface area contributed by atoms with Gasteiger partial charge in [0.2, 0.25) is 0 Å². The van der Waals surface area contributed by atoms with E-state index in [0.717, 1.165) is 48.4 Å². The number of carbonyl (C=O) groups is 2. The van der Waals surface area contributed by atoms with Gasteiger partial charge in [-0.05, 0) is 68.2 Å². The normalized spacial score (nSPS) is 23.4. The van der Waals surface area contributed by atoms with Crippen LogP contribution < -0.4 is 5.32 Å².